The predicted octanol–water partition coefficient (Wildman–Crippen LogP) is 0.0951. The summed E-state index contributed by atoms with van der Waals surface area (Å²) in [6, 6.07) is 0. The minimum Gasteiger partial charge on any atom is -0.341 e. The Morgan fingerprint density at radius 2 is 2.31 bits per heavy atom. The van der Waals surface area contributed by atoms with E-state index in [9.17, 15) is 4.79 Å². The first-order valence-corrected chi connectivity index (χ1v) is 5.80. The fourth-order valence-corrected chi connectivity index (χ4v) is 1.90. The monoisotopic (exact) mass is 222 g/mol. The highest BCUT2D eigenvalue weighted by atomic mass is 16.2. The van der Waals surface area contributed by atoms with Gasteiger partial charge in [-0.1, -0.05) is 0 Å². The van der Waals surface area contributed by atoms with Gasteiger partial charge in [0.15, 0.2) is 0 Å². The summed E-state index contributed by atoms with van der Waals surface area (Å²) in [5, 5.41) is 3.29. The lowest BCUT2D eigenvalue weighted by atomic mass is 10.3. The molecule has 0 aliphatic carbocycles. The van der Waals surface area contributed by atoms with Crippen molar-refractivity contribution in [3.63, 3.8) is 0 Å². The number of aryl methyl sites for hydroxylation is 1. The van der Waals surface area contributed by atoms with E-state index in [0.717, 1.165) is 39.1 Å². The fraction of sp³-hybridized carbons (Fsp3) is 0.636. The number of imidazole rings is 1. The van der Waals surface area contributed by atoms with Crippen LogP contribution in [-0.4, -0.2) is 46.5 Å². The van der Waals surface area contributed by atoms with Crippen LogP contribution in [0.3, 0.4) is 0 Å². The Hall–Kier alpha value is -1.36. The van der Waals surface area contributed by atoms with Crippen LogP contribution in [0.15, 0.2) is 18.7 Å². The molecule has 0 radical (unpaired) electrons. The zero-order chi connectivity index (χ0) is 11.2. The molecule has 5 nitrogen and oxygen atoms in total. The van der Waals surface area contributed by atoms with Gasteiger partial charge < -0.3 is 14.8 Å². The molecular formula is C11H18N4O. The van der Waals surface area contributed by atoms with Gasteiger partial charge in [0.1, 0.15) is 0 Å². The summed E-state index contributed by atoms with van der Waals surface area (Å²) in [5.74, 6) is 0.248. The van der Waals surface area contributed by atoms with Crippen molar-refractivity contribution in [3.8, 4) is 0 Å². The average Bonchev–Trinajstić information content (AvgIpc) is 2.66. The highest BCUT2D eigenvalue weighted by Crippen LogP contribution is 2.01. The molecule has 0 bridgehead atoms. The molecule has 16 heavy (non-hydrogen) atoms. The van der Waals surface area contributed by atoms with E-state index in [4.69, 9.17) is 0 Å². The molecule has 1 N–H and O–H groups in total. The van der Waals surface area contributed by atoms with E-state index in [1.165, 1.54) is 0 Å². The molecule has 1 aromatic rings. The Labute approximate surface area is 95.5 Å². The highest BCUT2D eigenvalue weighted by molar-refractivity contribution is 5.76. The van der Waals surface area contributed by atoms with Crippen LogP contribution in [0.25, 0.3) is 0 Å². The zero-order valence-corrected chi connectivity index (χ0v) is 9.43. The van der Waals surface area contributed by atoms with Crippen molar-refractivity contribution < 1.29 is 4.79 Å². The van der Waals surface area contributed by atoms with Crippen LogP contribution in [0.5, 0.6) is 0 Å². The number of aromatic nitrogens is 2. The van der Waals surface area contributed by atoms with Gasteiger partial charge in [0.25, 0.3) is 0 Å². The van der Waals surface area contributed by atoms with E-state index in [2.05, 4.69) is 10.3 Å². The highest BCUT2D eigenvalue weighted by Gasteiger charge is 2.14. The van der Waals surface area contributed by atoms with Gasteiger partial charge in [-0.15, -0.1) is 0 Å². The maximum atomic E-state index is 11.9. The lowest BCUT2D eigenvalue weighted by Gasteiger charge is -2.19. The maximum absolute atomic E-state index is 11.9. The van der Waals surface area contributed by atoms with Gasteiger partial charge in [0, 0.05) is 45.0 Å². The second-order valence-corrected chi connectivity index (χ2v) is 4.03. The number of nitrogens with zero attached hydrogens (tertiary/aromatic N) is 3. The third-order valence-electron chi connectivity index (χ3n) is 2.84. The topological polar surface area (TPSA) is 50.2 Å². The molecule has 5 heteroatoms. The number of amides is 1. The van der Waals surface area contributed by atoms with Crippen LogP contribution in [0, 0.1) is 0 Å². The number of rotatable bonds is 3. The molecule has 0 saturated carbocycles. The Kier molecular flexibility index (Phi) is 3.93. The van der Waals surface area contributed by atoms with Gasteiger partial charge >= 0.3 is 0 Å². The SMILES string of the molecule is O=C(CCn1ccnc1)N1CCCNCC1. The van der Waals surface area contributed by atoms with Crippen LogP contribution in [0.2, 0.25) is 0 Å². The predicted molar refractivity (Wildman–Crippen MR) is 60.9 cm³/mol. The molecule has 0 atom stereocenters. The van der Waals surface area contributed by atoms with E-state index in [-0.39, 0.29) is 5.91 Å². The van der Waals surface area contributed by atoms with Crippen LogP contribution >= 0.6 is 0 Å². The number of nitrogens with one attached hydrogen (secondary N) is 1. The number of hydrogen-bond acceptors (Lipinski definition) is 3. The normalized spacial score (nSPS) is 17.1. The van der Waals surface area contributed by atoms with Crippen LogP contribution in [-0.2, 0) is 11.3 Å². The van der Waals surface area contributed by atoms with Crippen molar-refractivity contribution in [2.75, 3.05) is 26.2 Å². The summed E-state index contributed by atoms with van der Waals surface area (Å²) >= 11 is 0. The molecule has 0 spiro atoms. The molecule has 2 heterocycles. The van der Waals surface area contributed by atoms with Gasteiger partial charge in [-0.2, -0.15) is 0 Å². The third kappa shape index (κ3) is 3.06. The molecule has 2 rings (SSSR count). The Bertz CT molecular complexity index is 315. The van der Waals surface area contributed by atoms with Gasteiger partial charge in [-0.05, 0) is 13.0 Å². The number of carbonyl (C=O) groups excluding carboxylic acids is 1. The van der Waals surface area contributed by atoms with Crippen LogP contribution < -0.4 is 5.32 Å². The van der Waals surface area contributed by atoms with Crippen molar-refractivity contribution in [1.82, 2.24) is 19.8 Å². The minimum atomic E-state index is 0.248. The Morgan fingerprint density at radius 1 is 1.38 bits per heavy atom. The molecule has 1 saturated heterocycles. The Balaban J connectivity index is 1.78. The van der Waals surface area contributed by atoms with Gasteiger partial charge in [0.05, 0.1) is 6.33 Å². The summed E-state index contributed by atoms with van der Waals surface area (Å²) in [5.41, 5.74) is 0. The summed E-state index contributed by atoms with van der Waals surface area (Å²) in [6.45, 7) is 4.38. The summed E-state index contributed by atoms with van der Waals surface area (Å²) in [6.07, 6.45) is 6.99. The molecular weight excluding hydrogens is 204 g/mol. The molecule has 1 fully saturated rings. The maximum Gasteiger partial charge on any atom is 0.224 e. The van der Waals surface area contributed by atoms with E-state index in [1.54, 1.807) is 12.5 Å². The van der Waals surface area contributed by atoms with Crippen molar-refractivity contribution in [2.45, 2.75) is 19.4 Å². The second kappa shape index (κ2) is 5.65. The standard InChI is InChI=1S/C11H18N4O/c16-11(2-7-14-8-4-13-10-14)15-6-1-3-12-5-9-15/h4,8,10,12H,1-3,5-7,9H2. The first kappa shape index (κ1) is 11.1. The molecule has 1 aromatic heterocycles. The molecule has 1 aliphatic heterocycles. The lowest BCUT2D eigenvalue weighted by molar-refractivity contribution is -0.131. The number of hydrogen-bond donors (Lipinski definition) is 1. The van der Waals surface area contributed by atoms with E-state index < -0.39 is 0 Å². The summed E-state index contributed by atoms with van der Waals surface area (Å²) in [4.78, 5) is 17.8. The average molecular weight is 222 g/mol. The zero-order valence-electron chi connectivity index (χ0n) is 9.43. The van der Waals surface area contributed by atoms with E-state index >= 15 is 0 Å². The molecule has 1 aliphatic rings. The largest absolute Gasteiger partial charge is 0.341 e. The Morgan fingerprint density at radius 3 is 3.12 bits per heavy atom. The van der Waals surface area contributed by atoms with Gasteiger partial charge in [-0.3, -0.25) is 4.79 Å². The first-order valence-electron chi connectivity index (χ1n) is 5.80. The molecule has 88 valence electrons. The van der Waals surface area contributed by atoms with Gasteiger partial charge in [0.2, 0.25) is 5.91 Å². The first-order chi connectivity index (χ1) is 7.86. The van der Waals surface area contributed by atoms with Crippen LogP contribution in [0.1, 0.15) is 12.8 Å². The lowest BCUT2D eigenvalue weighted by Crippen LogP contribution is -2.34. The second-order valence-electron chi connectivity index (χ2n) is 4.03. The summed E-state index contributed by atoms with van der Waals surface area (Å²) < 4.78 is 1.94. The summed E-state index contributed by atoms with van der Waals surface area (Å²) in [7, 11) is 0. The quantitative estimate of drug-likeness (QED) is 0.789. The van der Waals surface area contributed by atoms with Crippen molar-refractivity contribution >= 4 is 5.91 Å². The van der Waals surface area contributed by atoms with E-state index in [0.29, 0.717) is 6.42 Å². The fourth-order valence-electron chi connectivity index (χ4n) is 1.90. The smallest absolute Gasteiger partial charge is 0.224 e. The minimum absolute atomic E-state index is 0.248. The van der Waals surface area contributed by atoms with E-state index in [1.807, 2.05) is 15.7 Å². The third-order valence-corrected chi connectivity index (χ3v) is 2.84. The van der Waals surface area contributed by atoms with Crippen molar-refractivity contribution in [1.29, 1.82) is 0 Å². The number of carbonyl (C=O) groups is 1. The van der Waals surface area contributed by atoms with Crippen molar-refractivity contribution in [3.05, 3.63) is 18.7 Å². The van der Waals surface area contributed by atoms with Crippen LogP contribution in [0.4, 0.5) is 0 Å². The van der Waals surface area contributed by atoms with Gasteiger partial charge in [-0.25, -0.2) is 4.98 Å². The molecule has 1 amide bonds. The molecule has 0 unspecified atom stereocenters. The molecule has 0 aromatic carbocycles. The van der Waals surface area contributed by atoms with Crippen molar-refractivity contribution in [2.24, 2.45) is 0 Å².